The Balaban J connectivity index is 1.59. The molecule has 2 saturated carbocycles. The summed E-state index contributed by atoms with van der Waals surface area (Å²) in [5, 5.41) is 6.72. The summed E-state index contributed by atoms with van der Waals surface area (Å²) in [7, 11) is 0. The van der Waals surface area contributed by atoms with Gasteiger partial charge in [0.05, 0.1) is 12.6 Å². The fraction of sp³-hybridized carbons (Fsp3) is 0.611. The molecule has 0 bridgehead atoms. The lowest BCUT2D eigenvalue weighted by Gasteiger charge is -2.19. The second-order valence-electron chi connectivity index (χ2n) is 6.55. The lowest BCUT2D eigenvalue weighted by molar-refractivity contribution is 0.285. The van der Waals surface area contributed by atoms with Gasteiger partial charge in [-0.05, 0) is 63.1 Å². The molecule has 1 aromatic carbocycles. The van der Waals surface area contributed by atoms with Gasteiger partial charge < -0.3 is 15.4 Å². The number of guanidine groups is 1. The molecule has 1 unspecified atom stereocenters. The number of ether oxygens (including phenoxy) is 1. The van der Waals surface area contributed by atoms with Crippen molar-refractivity contribution in [3.8, 4) is 5.75 Å². The van der Waals surface area contributed by atoms with Gasteiger partial charge in [0.15, 0.2) is 17.5 Å². The molecular weight excluding hydrogens is 293 g/mol. The summed E-state index contributed by atoms with van der Waals surface area (Å²) >= 11 is 0. The van der Waals surface area contributed by atoms with Crippen LogP contribution in [0.1, 0.15) is 51.1 Å². The highest BCUT2D eigenvalue weighted by molar-refractivity contribution is 5.80. The van der Waals surface area contributed by atoms with E-state index < -0.39 is 0 Å². The molecular formula is C18H26FN3O. The molecule has 5 heteroatoms. The summed E-state index contributed by atoms with van der Waals surface area (Å²) < 4.78 is 19.7. The highest BCUT2D eigenvalue weighted by atomic mass is 19.1. The highest BCUT2D eigenvalue weighted by Crippen LogP contribution is 2.30. The maximum atomic E-state index is 14.2. The fourth-order valence-electron chi connectivity index (χ4n) is 2.40. The summed E-state index contributed by atoms with van der Waals surface area (Å²) in [6, 6.07) is 5.73. The normalized spacial score (nSPS) is 19.3. The zero-order valence-electron chi connectivity index (χ0n) is 13.9. The van der Waals surface area contributed by atoms with Crippen LogP contribution in [0.4, 0.5) is 4.39 Å². The first-order chi connectivity index (χ1) is 11.2. The van der Waals surface area contributed by atoms with E-state index in [4.69, 9.17) is 4.74 Å². The smallest absolute Gasteiger partial charge is 0.191 e. The fourth-order valence-corrected chi connectivity index (χ4v) is 2.40. The second kappa shape index (κ2) is 7.20. The Morgan fingerprint density at radius 1 is 1.35 bits per heavy atom. The van der Waals surface area contributed by atoms with Crippen LogP contribution in [-0.4, -0.2) is 25.2 Å². The minimum atomic E-state index is -0.291. The predicted octanol–water partition coefficient (Wildman–Crippen LogP) is 3.39. The van der Waals surface area contributed by atoms with Crippen molar-refractivity contribution in [3.05, 3.63) is 29.6 Å². The number of hydrogen-bond donors (Lipinski definition) is 2. The van der Waals surface area contributed by atoms with Gasteiger partial charge in [0.25, 0.3) is 0 Å². The molecule has 0 aromatic heterocycles. The van der Waals surface area contributed by atoms with Gasteiger partial charge in [0.2, 0.25) is 0 Å². The third kappa shape index (κ3) is 4.85. The van der Waals surface area contributed by atoms with E-state index in [2.05, 4.69) is 15.6 Å². The lowest BCUT2D eigenvalue weighted by atomic mass is 10.1. The van der Waals surface area contributed by atoms with E-state index in [-0.39, 0.29) is 11.9 Å². The predicted molar refractivity (Wildman–Crippen MR) is 90.3 cm³/mol. The van der Waals surface area contributed by atoms with Crippen molar-refractivity contribution in [3.63, 3.8) is 0 Å². The van der Waals surface area contributed by atoms with Crippen molar-refractivity contribution >= 4 is 5.96 Å². The largest absolute Gasteiger partial charge is 0.490 e. The van der Waals surface area contributed by atoms with E-state index in [1.807, 2.05) is 19.9 Å². The Hall–Kier alpha value is -1.78. The van der Waals surface area contributed by atoms with Crippen molar-refractivity contribution in [2.24, 2.45) is 10.9 Å². The van der Waals surface area contributed by atoms with Gasteiger partial charge in [-0.3, -0.25) is 4.99 Å². The van der Waals surface area contributed by atoms with Crippen LogP contribution in [0.25, 0.3) is 0 Å². The van der Waals surface area contributed by atoms with Crippen LogP contribution < -0.4 is 15.4 Å². The second-order valence-corrected chi connectivity index (χ2v) is 6.55. The molecule has 0 saturated heterocycles. The van der Waals surface area contributed by atoms with Crippen LogP contribution in [0.15, 0.2) is 23.2 Å². The van der Waals surface area contributed by atoms with Crippen LogP contribution in [0, 0.1) is 11.7 Å². The van der Waals surface area contributed by atoms with Gasteiger partial charge in [-0.1, -0.05) is 6.07 Å². The summed E-state index contributed by atoms with van der Waals surface area (Å²) in [5.41, 5.74) is 0.891. The summed E-state index contributed by atoms with van der Waals surface area (Å²) in [6.07, 6.45) is 4.79. The molecule has 126 valence electrons. The topological polar surface area (TPSA) is 45.7 Å². The third-order valence-corrected chi connectivity index (χ3v) is 4.22. The average Bonchev–Trinajstić information content (AvgIpc) is 3.41. The van der Waals surface area contributed by atoms with E-state index in [1.165, 1.54) is 25.7 Å². The van der Waals surface area contributed by atoms with Gasteiger partial charge >= 0.3 is 0 Å². The van der Waals surface area contributed by atoms with Crippen LogP contribution in [0.2, 0.25) is 0 Å². The molecule has 3 rings (SSSR count). The minimum Gasteiger partial charge on any atom is -0.490 e. The molecule has 0 heterocycles. The third-order valence-electron chi connectivity index (χ3n) is 4.22. The van der Waals surface area contributed by atoms with Crippen molar-refractivity contribution in [2.45, 2.75) is 51.6 Å². The van der Waals surface area contributed by atoms with Crippen LogP contribution in [0.5, 0.6) is 5.75 Å². The van der Waals surface area contributed by atoms with E-state index >= 15 is 0 Å². The van der Waals surface area contributed by atoms with E-state index in [1.54, 1.807) is 12.1 Å². The monoisotopic (exact) mass is 319 g/mol. The van der Waals surface area contributed by atoms with Gasteiger partial charge in [0, 0.05) is 12.6 Å². The molecule has 4 nitrogen and oxygen atoms in total. The zero-order valence-corrected chi connectivity index (χ0v) is 13.9. The first kappa shape index (κ1) is 16.1. The molecule has 2 aliphatic rings. The molecule has 23 heavy (non-hydrogen) atoms. The highest BCUT2D eigenvalue weighted by Gasteiger charge is 2.24. The van der Waals surface area contributed by atoms with Gasteiger partial charge in [0.1, 0.15) is 0 Å². The molecule has 0 amide bonds. The Bertz CT molecular complexity index is 567. The van der Waals surface area contributed by atoms with Crippen molar-refractivity contribution in [1.29, 1.82) is 0 Å². The molecule has 0 aliphatic heterocycles. The number of nitrogens with one attached hydrogen (secondary N) is 2. The molecule has 2 aliphatic carbocycles. The average molecular weight is 319 g/mol. The Kier molecular flexibility index (Phi) is 5.03. The minimum absolute atomic E-state index is 0.0152. The number of benzene rings is 1. The van der Waals surface area contributed by atoms with E-state index in [0.29, 0.717) is 24.3 Å². The van der Waals surface area contributed by atoms with Crippen LogP contribution in [0.3, 0.4) is 0 Å². The quantitative estimate of drug-likeness (QED) is 0.598. The standard InChI is InChI=1S/C18H26FN3O/c1-3-20-18(22-15-7-8-15)21-12(2)14-6-9-17(16(19)10-14)23-11-13-4-5-13/h6,9-10,12-13,15H,3-5,7-8,11H2,1-2H3,(H2,20,21,22). The van der Waals surface area contributed by atoms with Gasteiger partial charge in [-0.15, -0.1) is 0 Å². The lowest BCUT2D eigenvalue weighted by Crippen LogP contribution is -2.40. The van der Waals surface area contributed by atoms with E-state index in [0.717, 1.165) is 18.1 Å². The Morgan fingerprint density at radius 3 is 2.74 bits per heavy atom. The van der Waals surface area contributed by atoms with Gasteiger partial charge in [-0.2, -0.15) is 0 Å². The Morgan fingerprint density at radius 2 is 2.13 bits per heavy atom. The van der Waals surface area contributed by atoms with Gasteiger partial charge in [-0.25, -0.2) is 4.39 Å². The number of hydrogen-bond acceptors (Lipinski definition) is 2. The number of nitrogens with zero attached hydrogens (tertiary/aromatic N) is 1. The molecule has 1 aromatic rings. The zero-order chi connectivity index (χ0) is 16.2. The molecule has 0 spiro atoms. The maximum Gasteiger partial charge on any atom is 0.191 e. The first-order valence-electron chi connectivity index (χ1n) is 8.65. The van der Waals surface area contributed by atoms with Crippen molar-refractivity contribution < 1.29 is 9.13 Å². The number of aliphatic imine (C=N–C) groups is 1. The molecule has 0 radical (unpaired) electrons. The number of halogens is 1. The number of rotatable bonds is 7. The molecule has 2 N–H and O–H groups in total. The van der Waals surface area contributed by atoms with Crippen molar-refractivity contribution in [1.82, 2.24) is 10.6 Å². The molecule has 2 fully saturated rings. The summed E-state index contributed by atoms with van der Waals surface area (Å²) in [5.74, 6) is 1.49. The van der Waals surface area contributed by atoms with Crippen LogP contribution >= 0.6 is 0 Å². The first-order valence-corrected chi connectivity index (χ1v) is 8.65. The SMILES string of the molecule is CCN=C(NC1CC1)NC(C)c1ccc(OCC2CC2)c(F)c1. The van der Waals surface area contributed by atoms with E-state index in [9.17, 15) is 4.39 Å². The molecule has 1 atom stereocenters. The maximum absolute atomic E-state index is 14.2. The summed E-state index contributed by atoms with van der Waals surface area (Å²) in [4.78, 5) is 4.44. The Labute approximate surface area is 137 Å². The van der Waals surface area contributed by atoms with Crippen LogP contribution in [-0.2, 0) is 0 Å². The summed E-state index contributed by atoms with van der Waals surface area (Å²) in [6.45, 7) is 5.37. The van der Waals surface area contributed by atoms with Crippen molar-refractivity contribution in [2.75, 3.05) is 13.2 Å².